The van der Waals surface area contributed by atoms with Gasteiger partial charge in [0, 0.05) is 44.7 Å². The fourth-order valence-electron chi connectivity index (χ4n) is 2.22. The van der Waals surface area contributed by atoms with Gasteiger partial charge in [0.15, 0.2) is 5.96 Å². The van der Waals surface area contributed by atoms with Gasteiger partial charge in [0.1, 0.15) is 0 Å². The van der Waals surface area contributed by atoms with E-state index in [1.165, 1.54) is 0 Å². The number of carbonyl (C=O) groups is 2. The summed E-state index contributed by atoms with van der Waals surface area (Å²) in [7, 11) is 1.62. The first-order valence-corrected chi connectivity index (χ1v) is 9.08. The molecular formula is C19H31N5O2. The molecule has 0 saturated carbocycles. The summed E-state index contributed by atoms with van der Waals surface area (Å²) >= 11 is 0. The predicted octanol–water partition coefficient (Wildman–Crippen LogP) is 0.916. The molecule has 0 saturated heterocycles. The average Bonchev–Trinajstić information content (AvgIpc) is 2.64. The topological polar surface area (TPSA) is 94.6 Å². The van der Waals surface area contributed by atoms with E-state index in [9.17, 15) is 9.59 Å². The highest BCUT2D eigenvalue weighted by molar-refractivity contribution is 5.94. The van der Waals surface area contributed by atoms with Gasteiger partial charge in [-0.3, -0.25) is 14.6 Å². The Hall–Kier alpha value is -2.57. The summed E-state index contributed by atoms with van der Waals surface area (Å²) in [5, 5.41) is 11.9. The van der Waals surface area contributed by atoms with Gasteiger partial charge in [0.25, 0.3) is 5.91 Å². The van der Waals surface area contributed by atoms with Crippen molar-refractivity contribution in [1.82, 2.24) is 21.3 Å². The zero-order valence-electron chi connectivity index (χ0n) is 16.2. The second-order valence-corrected chi connectivity index (χ2v) is 6.16. The molecule has 26 heavy (non-hydrogen) atoms. The number of nitrogens with zero attached hydrogens (tertiary/aromatic N) is 1. The predicted molar refractivity (Wildman–Crippen MR) is 105 cm³/mol. The lowest BCUT2D eigenvalue weighted by atomic mass is 10.1. The SMILES string of the molecule is CCNC(=NCCc1cccc(C(=O)NC)c1)NCCNC(=O)C(C)C. The summed E-state index contributed by atoms with van der Waals surface area (Å²) < 4.78 is 0. The largest absolute Gasteiger partial charge is 0.357 e. The van der Waals surface area contributed by atoms with Crippen molar-refractivity contribution in [2.24, 2.45) is 10.9 Å². The molecule has 0 heterocycles. The highest BCUT2D eigenvalue weighted by Crippen LogP contribution is 2.06. The van der Waals surface area contributed by atoms with Gasteiger partial charge in [-0.05, 0) is 31.0 Å². The number of nitrogens with one attached hydrogen (secondary N) is 4. The molecule has 7 heteroatoms. The molecule has 0 aliphatic heterocycles. The highest BCUT2D eigenvalue weighted by Gasteiger charge is 2.06. The molecular weight excluding hydrogens is 330 g/mol. The Morgan fingerprint density at radius 1 is 1.12 bits per heavy atom. The third-order valence-electron chi connectivity index (χ3n) is 3.67. The Bertz CT molecular complexity index is 614. The van der Waals surface area contributed by atoms with Crippen molar-refractivity contribution in [2.75, 3.05) is 33.2 Å². The molecule has 0 spiro atoms. The fourth-order valence-corrected chi connectivity index (χ4v) is 2.22. The number of rotatable bonds is 9. The van der Waals surface area contributed by atoms with Crippen molar-refractivity contribution in [3.05, 3.63) is 35.4 Å². The summed E-state index contributed by atoms with van der Waals surface area (Å²) in [4.78, 5) is 27.7. The van der Waals surface area contributed by atoms with Gasteiger partial charge in [-0.15, -0.1) is 0 Å². The second kappa shape index (κ2) is 11.9. The van der Waals surface area contributed by atoms with Crippen LogP contribution in [0, 0.1) is 5.92 Å². The minimum atomic E-state index is -0.0891. The minimum absolute atomic E-state index is 0.0116. The molecule has 0 atom stereocenters. The van der Waals surface area contributed by atoms with Gasteiger partial charge in [0.2, 0.25) is 5.91 Å². The maximum absolute atomic E-state index is 11.7. The van der Waals surface area contributed by atoms with E-state index in [1.807, 2.05) is 39.0 Å². The zero-order chi connectivity index (χ0) is 19.4. The molecule has 2 amide bonds. The van der Waals surface area contributed by atoms with Crippen molar-refractivity contribution in [3.63, 3.8) is 0 Å². The van der Waals surface area contributed by atoms with E-state index in [-0.39, 0.29) is 17.7 Å². The van der Waals surface area contributed by atoms with E-state index >= 15 is 0 Å². The number of hydrogen-bond donors (Lipinski definition) is 4. The van der Waals surface area contributed by atoms with Gasteiger partial charge < -0.3 is 21.3 Å². The first-order valence-electron chi connectivity index (χ1n) is 9.08. The molecule has 0 aliphatic rings. The van der Waals surface area contributed by atoms with Crippen molar-refractivity contribution < 1.29 is 9.59 Å². The number of hydrogen-bond acceptors (Lipinski definition) is 3. The number of guanidine groups is 1. The van der Waals surface area contributed by atoms with E-state index in [2.05, 4.69) is 26.3 Å². The summed E-state index contributed by atoms with van der Waals surface area (Å²) in [6, 6.07) is 7.55. The molecule has 144 valence electrons. The molecule has 7 nitrogen and oxygen atoms in total. The third-order valence-corrected chi connectivity index (χ3v) is 3.67. The molecule has 0 aliphatic carbocycles. The fraction of sp³-hybridized carbons (Fsp3) is 0.526. The number of amides is 2. The Balaban J connectivity index is 2.48. The van der Waals surface area contributed by atoms with Crippen LogP contribution < -0.4 is 21.3 Å². The highest BCUT2D eigenvalue weighted by atomic mass is 16.2. The third kappa shape index (κ3) is 8.00. The minimum Gasteiger partial charge on any atom is -0.357 e. The van der Waals surface area contributed by atoms with Crippen LogP contribution in [0.15, 0.2) is 29.3 Å². The van der Waals surface area contributed by atoms with E-state index in [0.717, 1.165) is 18.5 Å². The van der Waals surface area contributed by atoms with Crippen LogP contribution in [0.25, 0.3) is 0 Å². The van der Waals surface area contributed by atoms with Crippen LogP contribution in [-0.2, 0) is 11.2 Å². The first-order chi connectivity index (χ1) is 12.5. The van der Waals surface area contributed by atoms with Gasteiger partial charge in [-0.25, -0.2) is 0 Å². The van der Waals surface area contributed by atoms with Crippen LogP contribution in [0.3, 0.4) is 0 Å². The van der Waals surface area contributed by atoms with Crippen LogP contribution in [-0.4, -0.2) is 51.0 Å². The first kappa shape index (κ1) is 21.5. The summed E-state index contributed by atoms with van der Waals surface area (Å²) in [5.41, 5.74) is 1.72. The molecule has 0 bridgehead atoms. The quantitative estimate of drug-likeness (QED) is 0.299. The maximum Gasteiger partial charge on any atom is 0.251 e. The van der Waals surface area contributed by atoms with E-state index < -0.39 is 0 Å². The van der Waals surface area contributed by atoms with Gasteiger partial charge in [-0.1, -0.05) is 26.0 Å². The Kier molecular flexibility index (Phi) is 9.82. The van der Waals surface area contributed by atoms with Crippen LogP contribution in [0.1, 0.15) is 36.7 Å². The lowest BCUT2D eigenvalue weighted by Crippen LogP contribution is -2.42. The molecule has 1 aromatic rings. The smallest absolute Gasteiger partial charge is 0.251 e. The number of carbonyl (C=O) groups excluding carboxylic acids is 2. The van der Waals surface area contributed by atoms with Gasteiger partial charge in [-0.2, -0.15) is 0 Å². The van der Waals surface area contributed by atoms with E-state index in [0.29, 0.717) is 31.2 Å². The summed E-state index contributed by atoms with van der Waals surface area (Å²) in [6.07, 6.45) is 0.742. The standard InChI is InChI=1S/C19H31N5O2/c1-5-21-19(24-12-11-22-17(25)14(2)3)23-10-9-15-7-6-8-16(13-15)18(26)20-4/h6-8,13-14H,5,9-12H2,1-4H3,(H,20,26)(H,22,25)(H2,21,23,24). The lowest BCUT2D eigenvalue weighted by molar-refractivity contribution is -0.123. The Morgan fingerprint density at radius 2 is 1.85 bits per heavy atom. The van der Waals surface area contributed by atoms with Crippen LogP contribution in [0.2, 0.25) is 0 Å². The molecule has 4 N–H and O–H groups in total. The summed E-state index contributed by atoms with van der Waals surface area (Å²) in [6.45, 7) is 8.26. The van der Waals surface area contributed by atoms with Crippen molar-refractivity contribution in [2.45, 2.75) is 27.2 Å². The molecule has 1 rings (SSSR count). The lowest BCUT2D eigenvalue weighted by Gasteiger charge is -2.12. The van der Waals surface area contributed by atoms with E-state index in [4.69, 9.17) is 0 Å². The summed E-state index contributed by atoms with van der Waals surface area (Å²) in [5.74, 6) is 0.662. The molecule has 0 aromatic heterocycles. The molecule has 0 unspecified atom stereocenters. The number of benzene rings is 1. The Morgan fingerprint density at radius 3 is 2.50 bits per heavy atom. The number of aliphatic imine (C=N–C) groups is 1. The molecule has 1 aromatic carbocycles. The second-order valence-electron chi connectivity index (χ2n) is 6.16. The van der Waals surface area contributed by atoms with E-state index in [1.54, 1.807) is 13.1 Å². The van der Waals surface area contributed by atoms with Crippen LogP contribution >= 0.6 is 0 Å². The van der Waals surface area contributed by atoms with Crippen molar-refractivity contribution in [3.8, 4) is 0 Å². The van der Waals surface area contributed by atoms with Gasteiger partial charge >= 0.3 is 0 Å². The van der Waals surface area contributed by atoms with Crippen LogP contribution in [0.5, 0.6) is 0 Å². The normalized spacial score (nSPS) is 11.2. The molecule has 0 fully saturated rings. The van der Waals surface area contributed by atoms with Crippen molar-refractivity contribution >= 4 is 17.8 Å². The molecule has 0 radical (unpaired) electrons. The Labute approximate surface area is 156 Å². The maximum atomic E-state index is 11.7. The zero-order valence-corrected chi connectivity index (χ0v) is 16.2. The average molecular weight is 361 g/mol. The van der Waals surface area contributed by atoms with Gasteiger partial charge in [0.05, 0.1) is 0 Å². The van der Waals surface area contributed by atoms with Crippen molar-refractivity contribution in [1.29, 1.82) is 0 Å². The van der Waals surface area contributed by atoms with Crippen LogP contribution in [0.4, 0.5) is 0 Å². The monoisotopic (exact) mass is 361 g/mol.